The zero-order valence-corrected chi connectivity index (χ0v) is 9.35. The Morgan fingerprint density at radius 1 is 0.929 bits per heavy atom. The van der Waals surface area contributed by atoms with E-state index in [-0.39, 0.29) is 5.81 Å². The van der Waals surface area contributed by atoms with E-state index in [1.165, 1.54) is 57.8 Å². The van der Waals surface area contributed by atoms with E-state index in [1.807, 2.05) is 0 Å². The van der Waals surface area contributed by atoms with Crippen LogP contribution in [0.4, 0.5) is 4.79 Å². The van der Waals surface area contributed by atoms with Crippen LogP contribution in [0, 0.1) is 0 Å². The molecule has 1 fully saturated rings. The lowest BCUT2D eigenvalue weighted by molar-refractivity contribution is 0.253. The molecule has 1 rings (SSSR count). The van der Waals surface area contributed by atoms with E-state index in [1.54, 1.807) is 7.85 Å². The maximum absolute atomic E-state index is 11.0. The van der Waals surface area contributed by atoms with Gasteiger partial charge in [0.25, 0.3) is 0 Å². The van der Waals surface area contributed by atoms with E-state index in [0.29, 0.717) is 6.04 Å². The molecule has 0 atom stereocenters. The van der Waals surface area contributed by atoms with Gasteiger partial charge in [-0.25, -0.2) is 0 Å². The van der Waals surface area contributed by atoms with Crippen LogP contribution in [0.15, 0.2) is 0 Å². The Hall–Kier alpha value is -0.465. The fourth-order valence-corrected chi connectivity index (χ4v) is 2.24. The second-order valence-electron chi connectivity index (χ2n) is 4.45. The minimum Gasteiger partial charge on any atom is -0.363 e. The second-order valence-corrected chi connectivity index (χ2v) is 4.45. The summed E-state index contributed by atoms with van der Waals surface area (Å²) in [6, 6.07) is 0.450. The standard InChI is InChI=1S/C11H22BNO/c12-11(14)13-10-8-6-4-2-1-3-5-7-9-10/h10H,1-9,12H2,(H,13,14). The molecule has 1 aliphatic rings. The van der Waals surface area contributed by atoms with Gasteiger partial charge in [-0.05, 0) is 12.8 Å². The maximum atomic E-state index is 11.0. The number of carbonyl (C=O) groups is 1. The fourth-order valence-electron chi connectivity index (χ4n) is 2.24. The average molecular weight is 195 g/mol. The Morgan fingerprint density at radius 3 is 1.79 bits per heavy atom. The highest BCUT2D eigenvalue weighted by Crippen LogP contribution is 2.16. The first-order chi connectivity index (χ1) is 6.79. The Bertz CT molecular complexity index is 163. The molecule has 1 aliphatic carbocycles. The third-order valence-corrected chi connectivity index (χ3v) is 3.01. The smallest absolute Gasteiger partial charge is 0.215 e. The van der Waals surface area contributed by atoms with Crippen molar-refractivity contribution in [3.05, 3.63) is 0 Å². The Balaban J connectivity index is 2.26. The highest BCUT2D eigenvalue weighted by molar-refractivity contribution is 6.57. The summed E-state index contributed by atoms with van der Waals surface area (Å²) in [7, 11) is 1.62. The zero-order chi connectivity index (χ0) is 10.2. The maximum Gasteiger partial charge on any atom is 0.215 e. The molecule has 0 spiro atoms. The van der Waals surface area contributed by atoms with Crippen LogP contribution in [0.5, 0.6) is 0 Å². The van der Waals surface area contributed by atoms with Gasteiger partial charge in [-0.3, -0.25) is 4.79 Å². The molecular formula is C11H22BNO. The molecule has 0 bridgehead atoms. The van der Waals surface area contributed by atoms with Crippen LogP contribution in [0.2, 0.25) is 0 Å². The number of carbonyl (C=O) groups excluding carboxylic acids is 1. The van der Waals surface area contributed by atoms with Crippen LogP contribution >= 0.6 is 0 Å². The molecular weight excluding hydrogens is 173 g/mol. The van der Waals surface area contributed by atoms with Gasteiger partial charge in [-0.2, -0.15) is 0 Å². The topological polar surface area (TPSA) is 29.1 Å². The first kappa shape index (κ1) is 11.6. The summed E-state index contributed by atoms with van der Waals surface area (Å²) in [4.78, 5) is 11.0. The van der Waals surface area contributed by atoms with Gasteiger partial charge in [-0.15, -0.1) is 0 Å². The van der Waals surface area contributed by atoms with Gasteiger partial charge in [0.1, 0.15) is 0 Å². The summed E-state index contributed by atoms with van der Waals surface area (Å²) in [6.45, 7) is 0. The molecule has 0 unspecified atom stereocenters. The van der Waals surface area contributed by atoms with Gasteiger partial charge in [0.2, 0.25) is 7.85 Å². The van der Waals surface area contributed by atoms with Crippen LogP contribution in [0.3, 0.4) is 0 Å². The average Bonchev–Trinajstić information content (AvgIpc) is 2.15. The van der Waals surface area contributed by atoms with E-state index in [9.17, 15) is 4.79 Å². The predicted molar refractivity (Wildman–Crippen MR) is 62.4 cm³/mol. The molecule has 14 heavy (non-hydrogen) atoms. The molecule has 1 N–H and O–H groups in total. The van der Waals surface area contributed by atoms with E-state index in [0.717, 1.165) is 0 Å². The SMILES string of the molecule is BC(=O)NC1CCCCCCCCC1. The molecule has 0 aromatic heterocycles. The molecule has 0 heterocycles. The first-order valence-corrected chi connectivity index (χ1v) is 6.06. The molecule has 0 radical (unpaired) electrons. The Morgan fingerprint density at radius 2 is 1.36 bits per heavy atom. The van der Waals surface area contributed by atoms with Crippen LogP contribution in [0.25, 0.3) is 0 Å². The lowest BCUT2D eigenvalue weighted by atomic mass is 9.96. The highest BCUT2D eigenvalue weighted by atomic mass is 16.1. The van der Waals surface area contributed by atoms with Crippen molar-refractivity contribution < 1.29 is 4.79 Å². The number of nitrogens with one attached hydrogen (secondary N) is 1. The van der Waals surface area contributed by atoms with Gasteiger partial charge in [0, 0.05) is 6.04 Å². The van der Waals surface area contributed by atoms with Crippen molar-refractivity contribution in [2.75, 3.05) is 0 Å². The van der Waals surface area contributed by atoms with Crippen LogP contribution in [-0.4, -0.2) is 19.7 Å². The van der Waals surface area contributed by atoms with E-state index in [4.69, 9.17) is 0 Å². The largest absolute Gasteiger partial charge is 0.363 e. The molecule has 80 valence electrons. The molecule has 1 amide bonds. The lowest BCUT2D eigenvalue weighted by Gasteiger charge is -2.19. The van der Waals surface area contributed by atoms with E-state index >= 15 is 0 Å². The third kappa shape index (κ3) is 5.30. The first-order valence-electron chi connectivity index (χ1n) is 6.06. The Labute approximate surface area is 88.2 Å². The lowest BCUT2D eigenvalue weighted by Crippen LogP contribution is -2.34. The number of hydrogen-bond acceptors (Lipinski definition) is 1. The summed E-state index contributed by atoms with van der Waals surface area (Å²) >= 11 is 0. The molecule has 0 aromatic rings. The van der Waals surface area contributed by atoms with Crippen molar-refractivity contribution in [2.24, 2.45) is 0 Å². The number of hydrogen-bond donors (Lipinski definition) is 1. The molecule has 0 aliphatic heterocycles. The zero-order valence-electron chi connectivity index (χ0n) is 9.35. The van der Waals surface area contributed by atoms with E-state index in [2.05, 4.69) is 5.32 Å². The molecule has 2 nitrogen and oxygen atoms in total. The summed E-state index contributed by atoms with van der Waals surface area (Å²) in [5, 5.41) is 3.06. The normalized spacial score (nSPS) is 21.4. The van der Waals surface area contributed by atoms with Gasteiger partial charge in [0.15, 0.2) is 5.81 Å². The summed E-state index contributed by atoms with van der Waals surface area (Å²) in [5.41, 5.74) is 0. The van der Waals surface area contributed by atoms with Crippen molar-refractivity contribution >= 4 is 13.7 Å². The molecule has 3 heteroatoms. The summed E-state index contributed by atoms with van der Waals surface area (Å²) in [6.07, 6.45) is 11.8. The van der Waals surface area contributed by atoms with Crippen molar-refractivity contribution in [1.29, 1.82) is 0 Å². The molecule has 0 saturated heterocycles. The van der Waals surface area contributed by atoms with Crippen molar-refractivity contribution in [3.63, 3.8) is 0 Å². The Kier molecular flexibility index (Phi) is 5.73. The van der Waals surface area contributed by atoms with Crippen molar-refractivity contribution in [1.82, 2.24) is 5.32 Å². The third-order valence-electron chi connectivity index (χ3n) is 3.01. The van der Waals surface area contributed by atoms with Crippen molar-refractivity contribution in [2.45, 2.75) is 63.8 Å². The fraction of sp³-hybridized carbons (Fsp3) is 0.909. The monoisotopic (exact) mass is 195 g/mol. The van der Waals surface area contributed by atoms with Crippen LogP contribution in [0.1, 0.15) is 57.8 Å². The van der Waals surface area contributed by atoms with Gasteiger partial charge in [0.05, 0.1) is 0 Å². The van der Waals surface area contributed by atoms with Crippen LogP contribution < -0.4 is 5.32 Å². The molecule has 0 aromatic carbocycles. The summed E-state index contributed by atoms with van der Waals surface area (Å²) in [5.74, 6) is 0.132. The van der Waals surface area contributed by atoms with Crippen LogP contribution in [-0.2, 0) is 0 Å². The number of amides is 1. The van der Waals surface area contributed by atoms with Gasteiger partial charge >= 0.3 is 0 Å². The van der Waals surface area contributed by atoms with Gasteiger partial charge < -0.3 is 5.32 Å². The number of rotatable bonds is 1. The molecule has 1 saturated carbocycles. The highest BCUT2D eigenvalue weighted by Gasteiger charge is 2.10. The quantitative estimate of drug-likeness (QED) is 0.638. The van der Waals surface area contributed by atoms with E-state index < -0.39 is 0 Å². The summed E-state index contributed by atoms with van der Waals surface area (Å²) < 4.78 is 0. The van der Waals surface area contributed by atoms with Crippen molar-refractivity contribution in [3.8, 4) is 0 Å². The predicted octanol–water partition coefficient (Wildman–Crippen LogP) is 2.22. The minimum atomic E-state index is 0.132. The second kappa shape index (κ2) is 6.91. The van der Waals surface area contributed by atoms with Gasteiger partial charge in [-0.1, -0.05) is 44.9 Å². The minimum absolute atomic E-state index is 0.132.